The Morgan fingerprint density at radius 1 is 1.46 bits per heavy atom. The first-order chi connectivity index (χ1) is 5.96. The lowest BCUT2D eigenvalue weighted by atomic mass is 9.77. The van der Waals surface area contributed by atoms with Gasteiger partial charge in [-0.2, -0.15) is 0 Å². The molecule has 0 radical (unpaired) electrons. The molecule has 2 atom stereocenters. The Hall–Kier alpha value is -1.06. The molecular weight excluding hydrogens is 172 g/mol. The van der Waals surface area contributed by atoms with Crippen molar-refractivity contribution in [2.45, 2.75) is 32.6 Å². The fourth-order valence-corrected chi connectivity index (χ4v) is 2.21. The van der Waals surface area contributed by atoms with Crippen LogP contribution >= 0.6 is 0 Å². The largest absolute Gasteiger partial charge is 0.481 e. The van der Waals surface area contributed by atoms with Crippen LogP contribution in [0.5, 0.6) is 0 Å². The maximum absolute atomic E-state index is 10.8. The van der Waals surface area contributed by atoms with Crippen molar-refractivity contribution in [3.05, 3.63) is 0 Å². The Balaban J connectivity index is 2.75. The molecule has 0 unspecified atom stereocenters. The number of hydrogen-bond acceptors (Lipinski definition) is 2. The predicted molar refractivity (Wildman–Crippen MR) is 45.3 cm³/mol. The van der Waals surface area contributed by atoms with Crippen LogP contribution in [0, 0.1) is 11.3 Å². The van der Waals surface area contributed by atoms with E-state index in [-0.39, 0.29) is 6.42 Å². The van der Waals surface area contributed by atoms with Crippen molar-refractivity contribution in [2.75, 3.05) is 0 Å². The van der Waals surface area contributed by atoms with E-state index in [0.717, 1.165) is 6.42 Å². The Kier molecular flexibility index (Phi) is 2.59. The zero-order valence-electron chi connectivity index (χ0n) is 7.62. The lowest BCUT2D eigenvalue weighted by Gasteiger charge is -2.26. The molecule has 0 heterocycles. The standard InChI is InChI=1S/C9H14O4/c1-9(5-7(10)11)4-2-3-6(9)8(12)13/h6H,2-5H2,1H3,(H,10,11)(H,12,13)/t6-,9-/m0/s1. The fourth-order valence-electron chi connectivity index (χ4n) is 2.21. The van der Waals surface area contributed by atoms with Crippen LogP contribution in [0.4, 0.5) is 0 Å². The molecule has 1 aliphatic rings. The average Bonchev–Trinajstić information content (AvgIpc) is 2.28. The second-order valence-electron chi connectivity index (χ2n) is 4.01. The molecule has 1 aliphatic carbocycles. The molecule has 0 aromatic rings. The van der Waals surface area contributed by atoms with Gasteiger partial charge in [0.25, 0.3) is 0 Å². The quantitative estimate of drug-likeness (QED) is 0.697. The number of carbonyl (C=O) groups is 2. The van der Waals surface area contributed by atoms with Gasteiger partial charge in [0.1, 0.15) is 0 Å². The first-order valence-electron chi connectivity index (χ1n) is 4.40. The Labute approximate surface area is 76.6 Å². The van der Waals surface area contributed by atoms with Crippen LogP contribution in [0.1, 0.15) is 32.6 Å². The molecular formula is C9H14O4. The van der Waals surface area contributed by atoms with E-state index in [2.05, 4.69) is 0 Å². The normalized spacial score (nSPS) is 33.2. The number of carboxylic acid groups (broad SMARTS) is 2. The van der Waals surface area contributed by atoms with E-state index in [1.165, 1.54) is 0 Å². The minimum atomic E-state index is -0.907. The first kappa shape index (κ1) is 10.0. The lowest BCUT2D eigenvalue weighted by Crippen LogP contribution is -2.30. The summed E-state index contributed by atoms with van der Waals surface area (Å²) in [7, 11) is 0. The van der Waals surface area contributed by atoms with Crippen molar-refractivity contribution in [3.8, 4) is 0 Å². The minimum Gasteiger partial charge on any atom is -0.481 e. The van der Waals surface area contributed by atoms with Crippen LogP contribution in [0.3, 0.4) is 0 Å². The topological polar surface area (TPSA) is 74.6 Å². The van der Waals surface area contributed by atoms with Gasteiger partial charge >= 0.3 is 11.9 Å². The molecule has 1 rings (SSSR count). The van der Waals surface area contributed by atoms with Crippen molar-refractivity contribution in [2.24, 2.45) is 11.3 Å². The molecule has 0 aromatic carbocycles. The van der Waals surface area contributed by atoms with Gasteiger partial charge in [0.15, 0.2) is 0 Å². The molecule has 74 valence electrons. The van der Waals surface area contributed by atoms with E-state index >= 15 is 0 Å². The van der Waals surface area contributed by atoms with Gasteiger partial charge in [-0.05, 0) is 18.3 Å². The first-order valence-corrected chi connectivity index (χ1v) is 4.40. The van der Waals surface area contributed by atoms with Gasteiger partial charge in [0.05, 0.1) is 12.3 Å². The molecule has 4 nitrogen and oxygen atoms in total. The highest BCUT2D eigenvalue weighted by atomic mass is 16.4. The Morgan fingerprint density at radius 2 is 2.08 bits per heavy atom. The summed E-state index contributed by atoms with van der Waals surface area (Å²) in [5.41, 5.74) is -0.544. The van der Waals surface area contributed by atoms with E-state index in [1.807, 2.05) is 0 Å². The Morgan fingerprint density at radius 3 is 2.54 bits per heavy atom. The summed E-state index contributed by atoms with van der Waals surface area (Å²) >= 11 is 0. The highest BCUT2D eigenvalue weighted by Crippen LogP contribution is 2.45. The van der Waals surface area contributed by atoms with Crippen molar-refractivity contribution >= 4 is 11.9 Å². The SMILES string of the molecule is C[C@@]1(CC(=O)O)CCC[C@H]1C(=O)O. The van der Waals surface area contributed by atoms with Gasteiger partial charge in [-0.15, -0.1) is 0 Å². The third-order valence-electron chi connectivity index (χ3n) is 2.94. The summed E-state index contributed by atoms with van der Waals surface area (Å²) in [6.07, 6.45) is 2.10. The maximum Gasteiger partial charge on any atom is 0.307 e. The third kappa shape index (κ3) is 1.99. The molecule has 0 saturated heterocycles. The summed E-state index contributed by atoms with van der Waals surface area (Å²) in [6.45, 7) is 1.76. The maximum atomic E-state index is 10.8. The number of aliphatic carboxylic acids is 2. The molecule has 13 heavy (non-hydrogen) atoms. The summed E-state index contributed by atoms with van der Waals surface area (Å²) < 4.78 is 0. The summed E-state index contributed by atoms with van der Waals surface area (Å²) in [6, 6.07) is 0. The van der Waals surface area contributed by atoms with E-state index < -0.39 is 23.3 Å². The molecule has 2 N–H and O–H groups in total. The van der Waals surface area contributed by atoms with Crippen molar-refractivity contribution in [1.82, 2.24) is 0 Å². The van der Waals surface area contributed by atoms with E-state index in [1.54, 1.807) is 6.92 Å². The molecule has 1 fully saturated rings. The van der Waals surface area contributed by atoms with Crippen LogP contribution in [-0.4, -0.2) is 22.2 Å². The van der Waals surface area contributed by atoms with Gasteiger partial charge in [-0.25, -0.2) is 0 Å². The lowest BCUT2D eigenvalue weighted by molar-refractivity contribution is -0.147. The second kappa shape index (κ2) is 3.36. The number of carboxylic acids is 2. The van der Waals surface area contributed by atoms with Gasteiger partial charge in [0.2, 0.25) is 0 Å². The van der Waals surface area contributed by atoms with Crippen LogP contribution in [-0.2, 0) is 9.59 Å². The summed E-state index contributed by atoms with van der Waals surface area (Å²) in [5.74, 6) is -2.25. The average molecular weight is 186 g/mol. The zero-order chi connectivity index (χ0) is 10.1. The molecule has 1 saturated carbocycles. The van der Waals surface area contributed by atoms with Gasteiger partial charge in [-0.1, -0.05) is 13.3 Å². The number of rotatable bonds is 3. The van der Waals surface area contributed by atoms with Gasteiger partial charge in [0, 0.05) is 0 Å². The fraction of sp³-hybridized carbons (Fsp3) is 0.778. The van der Waals surface area contributed by atoms with Crippen LogP contribution in [0.2, 0.25) is 0 Å². The summed E-state index contributed by atoms with van der Waals surface area (Å²) in [4.78, 5) is 21.3. The monoisotopic (exact) mass is 186 g/mol. The van der Waals surface area contributed by atoms with Crippen LogP contribution < -0.4 is 0 Å². The highest BCUT2D eigenvalue weighted by Gasteiger charge is 2.44. The van der Waals surface area contributed by atoms with Crippen LogP contribution in [0.15, 0.2) is 0 Å². The van der Waals surface area contributed by atoms with Gasteiger partial charge < -0.3 is 10.2 Å². The molecule has 0 aliphatic heterocycles. The predicted octanol–water partition coefficient (Wildman–Crippen LogP) is 1.35. The minimum absolute atomic E-state index is 0.0377. The second-order valence-corrected chi connectivity index (χ2v) is 4.01. The molecule has 0 aromatic heterocycles. The molecule has 0 spiro atoms. The van der Waals surface area contributed by atoms with Gasteiger partial charge in [-0.3, -0.25) is 9.59 Å². The van der Waals surface area contributed by atoms with Crippen molar-refractivity contribution in [1.29, 1.82) is 0 Å². The van der Waals surface area contributed by atoms with E-state index in [0.29, 0.717) is 12.8 Å². The number of hydrogen-bond donors (Lipinski definition) is 2. The van der Waals surface area contributed by atoms with Crippen LogP contribution in [0.25, 0.3) is 0 Å². The zero-order valence-corrected chi connectivity index (χ0v) is 7.62. The summed E-state index contributed by atoms with van der Waals surface area (Å²) in [5, 5.41) is 17.5. The molecule has 4 heteroatoms. The molecule has 0 amide bonds. The van der Waals surface area contributed by atoms with E-state index in [4.69, 9.17) is 10.2 Å². The highest BCUT2D eigenvalue weighted by molar-refractivity contribution is 5.74. The van der Waals surface area contributed by atoms with Crippen molar-refractivity contribution < 1.29 is 19.8 Å². The Bertz CT molecular complexity index is 236. The third-order valence-corrected chi connectivity index (χ3v) is 2.94. The van der Waals surface area contributed by atoms with Crippen molar-refractivity contribution in [3.63, 3.8) is 0 Å². The smallest absolute Gasteiger partial charge is 0.307 e. The van der Waals surface area contributed by atoms with E-state index in [9.17, 15) is 9.59 Å². The molecule has 0 bridgehead atoms.